The van der Waals surface area contributed by atoms with Gasteiger partial charge in [0.25, 0.3) is 0 Å². The Bertz CT molecular complexity index is 4630. The number of benzene rings is 13. The van der Waals surface area contributed by atoms with E-state index in [1.165, 1.54) is 99.7 Å². The average Bonchev–Trinajstić information content (AvgIpc) is 1.90. The number of anilines is 6. The zero-order chi connectivity index (χ0) is 58.4. The molecule has 0 bridgehead atoms. The summed E-state index contributed by atoms with van der Waals surface area (Å²) in [4.78, 5) is 4.83. The Kier molecular flexibility index (Phi) is 12.2. The Hall–Kier alpha value is -10.7. The second-order valence-electron chi connectivity index (χ2n) is 24.5. The van der Waals surface area contributed by atoms with Crippen LogP contribution in [0.5, 0.6) is 0 Å². The van der Waals surface area contributed by atoms with Crippen LogP contribution in [0, 0.1) is 0 Å². The molecule has 2 aliphatic carbocycles. The minimum Gasteiger partial charge on any atom is -0.310 e. The molecule has 3 heteroatoms. The molecular formula is C84H63N3. The van der Waals surface area contributed by atoms with E-state index in [0.717, 1.165) is 50.9 Å². The maximum absolute atomic E-state index is 2.42. The van der Waals surface area contributed by atoms with Gasteiger partial charge >= 0.3 is 0 Å². The van der Waals surface area contributed by atoms with Gasteiger partial charge in [0.05, 0.1) is 11.0 Å². The lowest BCUT2D eigenvalue weighted by molar-refractivity contribution is 0.660. The highest BCUT2D eigenvalue weighted by atomic mass is 15.1. The van der Waals surface area contributed by atoms with Crippen LogP contribution in [-0.4, -0.2) is 4.57 Å². The smallest absolute Gasteiger partial charge is 0.0541 e. The second-order valence-corrected chi connectivity index (χ2v) is 24.5. The van der Waals surface area contributed by atoms with Crippen LogP contribution in [0.4, 0.5) is 34.1 Å². The van der Waals surface area contributed by atoms with E-state index in [0.29, 0.717) is 0 Å². The lowest BCUT2D eigenvalue weighted by Gasteiger charge is -2.28. The van der Waals surface area contributed by atoms with E-state index in [2.05, 4.69) is 351 Å². The number of nitrogens with zero attached hydrogens (tertiary/aromatic N) is 3. The van der Waals surface area contributed by atoms with Gasteiger partial charge in [0.1, 0.15) is 0 Å². The molecule has 2 aliphatic rings. The van der Waals surface area contributed by atoms with Crippen molar-refractivity contribution in [3.8, 4) is 72.4 Å². The van der Waals surface area contributed by atoms with Crippen molar-refractivity contribution in [1.82, 2.24) is 4.57 Å². The first-order valence-electron chi connectivity index (χ1n) is 30.4. The summed E-state index contributed by atoms with van der Waals surface area (Å²) in [5.74, 6) is 0. The zero-order valence-corrected chi connectivity index (χ0v) is 49.3. The van der Waals surface area contributed by atoms with Gasteiger partial charge in [0.2, 0.25) is 0 Å². The fraction of sp³-hybridized carbons (Fsp3) is 0.0714. The number of hydrogen-bond donors (Lipinski definition) is 0. The summed E-state index contributed by atoms with van der Waals surface area (Å²) in [6.07, 6.45) is 0. The molecule has 0 saturated carbocycles. The first-order valence-corrected chi connectivity index (χ1v) is 30.4. The van der Waals surface area contributed by atoms with Crippen LogP contribution >= 0.6 is 0 Å². The Morgan fingerprint density at radius 1 is 0.230 bits per heavy atom. The molecular weight excluding hydrogens is 1050 g/mol. The standard InChI is InChI=1S/C84H63N3/c1-83(2)77-26-16-14-24-71(77)73-48-46-69(54-79(73)83)85(65-38-28-58(29-39-65)56-18-8-5-9-19-56)67-42-32-60(33-43-67)62-36-50-81-75(52-62)76-53-63(37-51-82(76)87(81)64-22-12-7-13-23-64)61-34-44-68(45-35-61)86(66-40-30-59(31-41-66)57-20-10-6-11-21-57)70-47-49-74-72-25-15-17-27-78(72)84(3,4)80(74)55-70/h5-55H,1-4H3. The molecule has 1 heterocycles. The summed E-state index contributed by atoms with van der Waals surface area (Å²) in [6, 6.07) is 114. The lowest BCUT2D eigenvalue weighted by atomic mass is 9.82. The molecule has 3 nitrogen and oxygen atoms in total. The van der Waals surface area contributed by atoms with Crippen molar-refractivity contribution in [3.63, 3.8) is 0 Å². The van der Waals surface area contributed by atoms with E-state index in [9.17, 15) is 0 Å². The van der Waals surface area contributed by atoms with Crippen molar-refractivity contribution >= 4 is 55.9 Å². The van der Waals surface area contributed by atoms with E-state index >= 15 is 0 Å². The molecule has 0 aliphatic heterocycles. The van der Waals surface area contributed by atoms with Crippen molar-refractivity contribution in [2.75, 3.05) is 9.80 Å². The van der Waals surface area contributed by atoms with Crippen LogP contribution in [0.2, 0.25) is 0 Å². The molecule has 0 spiro atoms. The van der Waals surface area contributed by atoms with Gasteiger partial charge in [-0.1, -0.05) is 228 Å². The van der Waals surface area contributed by atoms with E-state index in [1.54, 1.807) is 0 Å². The fourth-order valence-electron chi connectivity index (χ4n) is 14.3. The van der Waals surface area contributed by atoms with Crippen molar-refractivity contribution in [2.24, 2.45) is 0 Å². The number of hydrogen-bond acceptors (Lipinski definition) is 2. The van der Waals surface area contributed by atoms with Crippen LogP contribution in [-0.2, 0) is 10.8 Å². The largest absolute Gasteiger partial charge is 0.310 e. The molecule has 14 aromatic rings. The van der Waals surface area contributed by atoms with Crippen molar-refractivity contribution < 1.29 is 0 Å². The van der Waals surface area contributed by atoms with Gasteiger partial charge in [-0.25, -0.2) is 0 Å². The molecule has 0 radical (unpaired) electrons. The van der Waals surface area contributed by atoms with Crippen LogP contribution in [0.15, 0.2) is 309 Å². The van der Waals surface area contributed by atoms with Crippen molar-refractivity contribution in [2.45, 2.75) is 38.5 Å². The Morgan fingerprint density at radius 3 is 0.897 bits per heavy atom. The average molecular weight is 1110 g/mol. The third kappa shape index (κ3) is 8.72. The van der Waals surface area contributed by atoms with E-state index in [1.807, 2.05) is 0 Å². The third-order valence-electron chi connectivity index (χ3n) is 18.8. The van der Waals surface area contributed by atoms with Crippen molar-refractivity contribution in [1.29, 1.82) is 0 Å². The molecule has 0 saturated heterocycles. The van der Waals surface area contributed by atoms with Gasteiger partial charge in [0.15, 0.2) is 0 Å². The molecule has 16 rings (SSSR count). The first-order chi connectivity index (χ1) is 42.6. The summed E-state index contributed by atoms with van der Waals surface area (Å²) in [7, 11) is 0. The fourth-order valence-corrected chi connectivity index (χ4v) is 14.3. The summed E-state index contributed by atoms with van der Waals surface area (Å²) in [5.41, 5.74) is 30.1. The van der Waals surface area contributed by atoms with E-state index in [4.69, 9.17) is 0 Å². The highest BCUT2D eigenvalue weighted by Gasteiger charge is 2.37. The molecule has 13 aromatic carbocycles. The number of rotatable bonds is 11. The van der Waals surface area contributed by atoms with Crippen LogP contribution in [0.3, 0.4) is 0 Å². The van der Waals surface area contributed by atoms with Crippen LogP contribution < -0.4 is 9.80 Å². The van der Waals surface area contributed by atoms with Gasteiger partial charge in [-0.3, -0.25) is 0 Å². The minimum absolute atomic E-state index is 0.128. The zero-order valence-electron chi connectivity index (χ0n) is 49.3. The predicted octanol–water partition coefficient (Wildman–Crippen LogP) is 23.0. The monoisotopic (exact) mass is 1110 g/mol. The summed E-state index contributed by atoms with van der Waals surface area (Å²) >= 11 is 0. The predicted molar refractivity (Wildman–Crippen MR) is 367 cm³/mol. The normalized spacial score (nSPS) is 13.2. The lowest BCUT2D eigenvalue weighted by Crippen LogP contribution is -2.16. The maximum Gasteiger partial charge on any atom is 0.0541 e. The number of fused-ring (bicyclic) bond motifs is 9. The SMILES string of the molecule is CC1(C)c2ccccc2-c2ccc(N(c3ccc(-c4ccccc4)cc3)c3ccc(-c4ccc5c(c4)c4cc(-c6ccc(N(c7ccc(-c8ccccc8)cc7)c7ccc8c(c7)C(C)(C)c7ccccc7-8)cc6)ccc4n5-c4ccccc4)cc3)cc21. The van der Waals surface area contributed by atoms with Crippen molar-refractivity contribution in [3.05, 3.63) is 332 Å². The molecule has 87 heavy (non-hydrogen) atoms. The molecule has 0 N–H and O–H groups in total. The number of para-hydroxylation sites is 1. The maximum atomic E-state index is 2.42. The minimum atomic E-state index is -0.128. The third-order valence-corrected chi connectivity index (χ3v) is 18.8. The molecule has 0 fully saturated rings. The Morgan fingerprint density at radius 2 is 0.517 bits per heavy atom. The Labute approximate surface area is 510 Å². The summed E-state index contributed by atoms with van der Waals surface area (Å²) in [6.45, 7) is 9.44. The van der Waals surface area contributed by atoms with Crippen LogP contribution in [0.25, 0.3) is 94.3 Å². The highest BCUT2D eigenvalue weighted by molar-refractivity contribution is 6.12. The highest BCUT2D eigenvalue weighted by Crippen LogP contribution is 2.53. The van der Waals surface area contributed by atoms with Gasteiger partial charge in [-0.05, 0) is 198 Å². The topological polar surface area (TPSA) is 11.4 Å². The first kappa shape index (κ1) is 51.9. The molecule has 0 unspecified atom stereocenters. The quantitative estimate of drug-likeness (QED) is 0.128. The Balaban J connectivity index is 0.767. The van der Waals surface area contributed by atoms with Gasteiger partial charge < -0.3 is 14.4 Å². The number of aromatic nitrogens is 1. The summed E-state index contributed by atoms with van der Waals surface area (Å²) in [5, 5.41) is 2.42. The molecule has 0 atom stereocenters. The molecule has 0 amide bonds. The van der Waals surface area contributed by atoms with Crippen LogP contribution in [0.1, 0.15) is 49.9 Å². The second kappa shape index (κ2) is 20.5. The van der Waals surface area contributed by atoms with Gasteiger partial charge in [-0.2, -0.15) is 0 Å². The van der Waals surface area contributed by atoms with Gasteiger partial charge in [0, 0.05) is 61.4 Å². The van der Waals surface area contributed by atoms with E-state index < -0.39 is 0 Å². The van der Waals surface area contributed by atoms with Gasteiger partial charge in [-0.15, -0.1) is 0 Å². The summed E-state index contributed by atoms with van der Waals surface area (Å²) < 4.78 is 2.42. The molecule has 414 valence electrons. The molecule has 1 aromatic heterocycles. The van der Waals surface area contributed by atoms with E-state index in [-0.39, 0.29) is 10.8 Å².